The SMILES string of the molecule is NS(=O)(=O)c1ccc2nc(Cl)oc2c1. The van der Waals surface area contributed by atoms with Crippen molar-refractivity contribution in [2.45, 2.75) is 4.90 Å². The highest BCUT2D eigenvalue weighted by atomic mass is 35.5. The standard InChI is InChI=1S/C7H5ClN2O3S/c8-7-10-5-2-1-4(14(9,11)12)3-6(5)13-7/h1-3H,(H2,9,11,12). The molecule has 1 aromatic heterocycles. The van der Waals surface area contributed by atoms with Gasteiger partial charge in [-0.2, -0.15) is 4.98 Å². The molecule has 0 spiro atoms. The second kappa shape index (κ2) is 2.94. The first-order chi connectivity index (χ1) is 6.47. The summed E-state index contributed by atoms with van der Waals surface area (Å²) >= 11 is 5.49. The Morgan fingerprint density at radius 2 is 2.14 bits per heavy atom. The van der Waals surface area contributed by atoms with Crippen molar-refractivity contribution < 1.29 is 12.8 Å². The van der Waals surface area contributed by atoms with E-state index in [1.54, 1.807) is 0 Å². The second-order valence-electron chi connectivity index (χ2n) is 2.64. The molecule has 1 heterocycles. The lowest BCUT2D eigenvalue weighted by Gasteiger charge is -1.95. The Balaban J connectivity index is 2.74. The smallest absolute Gasteiger partial charge is 0.293 e. The molecule has 0 fully saturated rings. The summed E-state index contributed by atoms with van der Waals surface area (Å²) in [5.74, 6) is 0. The zero-order valence-corrected chi connectivity index (χ0v) is 8.34. The molecule has 14 heavy (non-hydrogen) atoms. The third-order valence-electron chi connectivity index (χ3n) is 1.66. The minimum Gasteiger partial charge on any atom is -0.428 e. The van der Waals surface area contributed by atoms with Gasteiger partial charge in [0.25, 0.3) is 5.35 Å². The van der Waals surface area contributed by atoms with Crippen LogP contribution in [0.2, 0.25) is 5.35 Å². The molecule has 0 amide bonds. The zero-order valence-electron chi connectivity index (χ0n) is 6.77. The highest BCUT2D eigenvalue weighted by Crippen LogP contribution is 2.21. The van der Waals surface area contributed by atoms with Gasteiger partial charge >= 0.3 is 0 Å². The predicted molar refractivity (Wildman–Crippen MR) is 50.4 cm³/mol. The quantitative estimate of drug-likeness (QED) is 0.799. The topological polar surface area (TPSA) is 86.2 Å². The Hall–Kier alpha value is -1.11. The molecular weight excluding hydrogens is 228 g/mol. The van der Waals surface area contributed by atoms with Crippen molar-refractivity contribution in [3.8, 4) is 0 Å². The van der Waals surface area contributed by atoms with Gasteiger partial charge in [-0.1, -0.05) is 0 Å². The molecule has 0 saturated carbocycles. The van der Waals surface area contributed by atoms with Gasteiger partial charge in [-0.15, -0.1) is 0 Å². The first kappa shape index (κ1) is 9.45. The Kier molecular flexibility index (Phi) is 1.99. The van der Waals surface area contributed by atoms with E-state index < -0.39 is 10.0 Å². The van der Waals surface area contributed by atoms with Crippen LogP contribution in [-0.2, 0) is 10.0 Å². The summed E-state index contributed by atoms with van der Waals surface area (Å²) in [7, 11) is -3.72. The van der Waals surface area contributed by atoms with Crippen molar-refractivity contribution in [3.63, 3.8) is 0 Å². The molecule has 0 radical (unpaired) electrons. The van der Waals surface area contributed by atoms with Crippen molar-refractivity contribution in [3.05, 3.63) is 23.5 Å². The molecule has 7 heteroatoms. The van der Waals surface area contributed by atoms with Crippen molar-refractivity contribution in [1.82, 2.24) is 4.98 Å². The van der Waals surface area contributed by atoms with Crippen LogP contribution < -0.4 is 5.14 Å². The fraction of sp³-hybridized carbons (Fsp3) is 0. The number of primary sulfonamides is 1. The van der Waals surface area contributed by atoms with Crippen molar-refractivity contribution >= 4 is 32.7 Å². The molecule has 1 aromatic carbocycles. The summed E-state index contributed by atoms with van der Waals surface area (Å²) in [5.41, 5.74) is 0.781. The van der Waals surface area contributed by atoms with Gasteiger partial charge in [-0.05, 0) is 23.7 Å². The molecule has 0 aliphatic rings. The predicted octanol–water partition coefficient (Wildman–Crippen LogP) is 1.13. The van der Waals surface area contributed by atoms with E-state index in [9.17, 15) is 8.42 Å². The van der Waals surface area contributed by atoms with Gasteiger partial charge < -0.3 is 4.42 Å². The van der Waals surface area contributed by atoms with Gasteiger partial charge in [-0.3, -0.25) is 0 Å². The highest BCUT2D eigenvalue weighted by molar-refractivity contribution is 7.89. The highest BCUT2D eigenvalue weighted by Gasteiger charge is 2.11. The average molecular weight is 233 g/mol. The number of halogens is 1. The molecule has 2 aromatic rings. The van der Waals surface area contributed by atoms with Gasteiger partial charge in [-0.25, -0.2) is 13.6 Å². The zero-order chi connectivity index (χ0) is 10.3. The molecule has 0 saturated heterocycles. The maximum Gasteiger partial charge on any atom is 0.293 e. The molecule has 74 valence electrons. The van der Waals surface area contributed by atoms with Gasteiger partial charge in [0.05, 0.1) is 4.90 Å². The number of sulfonamides is 1. The molecular formula is C7H5ClN2O3S. The maximum atomic E-state index is 11.0. The summed E-state index contributed by atoms with van der Waals surface area (Å²) in [6.07, 6.45) is 0. The van der Waals surface area contributed by atoms with Crippen LogP contribution in [0.1, 0.15) is 0 Å². The first-order valence-electron chi connectivity index (χ1n) is 3.56. The minimum atomic E-state index is -3.72. The molecule has 5 nitrogen and oxygen atoms in total. The lowest BCUT2D eigenvalue weighted by Crippen LogP contribution is -2.11. The van der Waals surface area contributed by atoms with Crippen LogP contribution >= 0.6 is 11.6 Å². The van der Waals surface area contributed by atoms with E-state index >= 15 is 0 Å². The summed E-state index contributed by atoms with van der Waals surface area (Å²) in [6, 6.07) is 4.10. The fourth-order valence-corrected chi connectivity index (χ4v) is 1.76. The number of hydrogen-bond acceptors (Lipinski definition) is 4. The second-order valence-corrected chi connectivity index (χ2v) is 4.53. The van der Waals surface area contributed by atoms with Crippen molar-refractivity contribution in [2.24, 2.45) is 5.14 Å². The van der Waals surface area contributed by atoms with Crippen LogP contribution in [-0.4, -0.2) is 13.4 Å². The van der Waals surface area contributed by atoms with Crippen LogP contribution in [0.4, 0.5) is 0 Å². The number of rotatable bonds is 1. The van der Waals surface area contributed by atoms with E-state index in [1.807, 2.05) is 0 Å². The van der Waals surface area contributed by atoms with Crippen LogP contribution in [0.15, 0.2) is 27.5 Å². The van der Waals surface area contributed by atoms with E-state index in [1.165, 1.54) is 18.2 Å². The number of nitrogens with two attached hydrogens (primary N) is 1. The molecule has 0 bridgehead atoms. The summed E-state index contributed by atoms with van der Waals surface area (Å²) < 4.78 is 26.9. The number of nitrogens with zero attached hydrogens (tertiary/aromatic N) is 1. The van der Waals surface area contributed by atoms with E-state index in [4.69, 9.17) is 21.2 Å². The Bertz CT molecular complexity index is 590. The number of fused-ring (bicyclic) bond motifs is 1. The molecule has 0 unspecified atom stereocenters. The van der Waals surface area contributed by atoms with Gasteiger partial charge in [0, 0.05) is 6.07 Å². The van der Waals surface area contributed by atoms with Crippen LogP contribution in [0.25, 0.3) is 11.1 Å². The maximum absolute atomic E-state index is 11.0. The number of aromatic nitrogens is 1. The Morgan fingerprint density at radius 1 is 1.43 bits per heavy atom. The Labute approximate surface area is 84.5 Å². The molecule has 0 aliphatic carbocycles. The van der Waals surface area contributed by atoms with Gasteiger partial charge in [0.15, 0.2) is 5.58 Å². The molecule has 2 rings (SSSR count). The van der Waals surface area contributed by atoms with Crippen LogP contribution in [0.3, 0.4) is 0 Å². The van der Waals surface area contributed by atoms with Crippen molar-refractivity contribution in [2.75, 3.05) is 0 Å². The Morgan fingerprint density at radius 3 is 2.79 bits per heavy atom. The van der Waals surface area contributed by atoms with E-state index in [-0.39, 0.29) is 10.2 Å². The van der Waals surface area contributed by atoms with Crippen LogP contribution in [0.5, 0.6) is 0 Å². The van der Waals surface area contributed by atoms with E-state index in [0.29, 0.717) is 11.1 Å². The average Bonchev–Trinajstić information content (AvgIpc) is 2.41. The largest absolute Gasteiger partial charge is 0.428 e. The third-order valence-corrected chi connectivity index (χ3v) is 2.74. The lowest BCUT2D eigenvalue weighted by molar-refractivity contribution is 0.593. The molecule has 0 atom stereocenters. The molecule has 0 aliphatic heterocycles. The van der Waals surface area contributed by atoms with E-state index in [0.717, 1.165) is 0 Å². The van der Waals surface area contributed by atoms with Crippen molar-refractivity contribution in [1.29, 1.82) is 0 Å². The third kappa shape index (κ3) is 1.59. The number of benzene rings is 1. The van der Waals surface area contributed by atoms with E-state index in [2.05, 4.69) is 4.98 Å². The molecule has 2 N–H and O–H groups in total. The number of oxazole rings is 1. The monoisotopic (exact) mass is 232 g/mol. The van der Waals surface area contributed by atoms with Gasteiger partial charge in [0.1, 0.15) is 5.52 Å². The van der Waals surface area contributed by atoms with Crippen LogP contribution in [0, 0.1) is 0 Å². The minimum absolute atomic E-state index is 0.0298. The summed E-state index contributed by atoms with van der Waals surface area (Å²) in [4.78, 5) is 3.77. The first-order valence-corrected chi connectivity index (χ1v) is 5.48. The van der Waals surface area contributed by atoms with Gasteiger partial charge in [0.2, 0.25) is 10.0 Å². The normalized spacial score (nSPS) is 12.1. The summed E-state index contributed by atoms with van der Waals surface area (Å²) in [5, 5.41) is 4.90. The number of hydrogen-bond donors (Lipinski definition) is 1. The lowest BCUT2D eigenvalue weighted by atomic mass is 10.3. The fourth-order valence-electron chi connectivity index (χ4n) is 1.05. The summed E-state index contributed by atoms with van der Waals surface area (Å²) in [6.45, 7) is 0.